The molecule has 116 valence electrons. The number of halogens is 2. The molecule has 0 aliphatic carbocycles. The average Bonchev–Trinajstić information content (AvgIpc) is 2.44. The standard InChI is InChI=1S/2C7H5IO3.Li.Na/c2*8-4-1-2-6(9)5(3-4)7(10)11;;/h2*1-3,9H,(H,10,11);;/q;;2*+1/p-2. The number of aromatic carboxylic acids is 2. The molecule has 10 heteroatoms. The number of hydrogen-bond donors (Lipinski definition) is 2. The van der Waals surface area contributed by atoms with Gasteiger partial charge < -0.3 is 20.4 Å². The summed E-state index contributed by atoms with van der Waals surface area (Å²) in [5, 5.41) is 38.6. The molecule has 2 N–H and O–H groups in total. The third-order valence-corrected chi connectivity index (χ3v) is 3.69. The fraction of sp³-hybridized carbons (Fsp3) is 0. The molecule has 0 spiro atoms. The van der Waals surface area contributed by atoms with E-state index < -0.39 is 23.4 Å². The van der Waals surface area contributed by atoms with Crippen LogP contribution in [0.15, 0.2) is 36.4 Å². The Morgan fingerprint density at radius 1 is 0.792 bits per heavy atom. The van der Waals surface area contributed by atoms with Gasteiger partial charge in [0.1, 0.15) is 0 Å². The van der Waals surface area contributed by atoms with Crippen molar-refractivity contribution < 1.29 is 78.4 Å². The van der Waals surface area contributed by atoms with Crippen molar-refractivity contribution in [1.82, 2.24) is 0 Å². The molecule has 0 amide bonds. The summed E-state index contributed by atoms with van der Waals surface area (Å²) >= 11 is 3.91. The fourth-order valence-electron chi connectivity index (χ4n) is 1.34. The third kappa shape index (κ3) is 8.42. The second-order valence-electron chi connectivity index (χ2n) is 3.89. The number of carboxylic acids is 2. The van der Waals surface area contributed by atoms with Gasteiger partial charge in [-0.3, -0.25) is 0 Å². The van der Waals surface area contributed by atoms with Gasteiger partial charge in [0.05, 0.1) is 11.1 Å². The zero-order chi connectivity index (χ0) is 16.9. The van der Waals surface area contributed by atoms with E-state index in [0.29, 0.717) is 0 Å². The van der Waals surface area contributed by atoms with Crippen molar-refractivity contribution in [3.8, 4) is 11.5 Å². The number of hydrogen-bond acceptors (Lipinski definition) is 4. The molecular weight excluding hydrogens is 548 g/mol. The fourth-order valence-corrected chi connectivity index (χ4v) is 2.32. The van der Waals surface area contributed by atoms with Crippen molar-refractivity contribution in [3.63, 3.8) is 0 Å². The molecule has 2 aromatic carbocycles. The summed E-state index contributed by atoms with van der Waals surface area (Å²) in [5.41, 5.74) is -0.339. The SMILES string of the molecule is O=C(O)c1cc(I)ccc1[O-].O=C(O)c1cc(I)ccc1[O-].[Li+].[Na+]. The Hall–Kier alpha value is 0.0374. The van der Waals surface area contributed by atoms with Gasteiger partial charge in [0, 0.05) is 7.14 Å². The maximum atomic E-state index is 10.8. The van der Waals surface area contributed by atoms with Gasteiger partial charge in [-0.15, -0.1) is 0 Å². The molecule has 0 saturated carbocycles. The summed E-state index contributed by atoms with van der Waals surface area (Å²) < 4.78 is 1.50. The molecule has 2 rings (SSSR count). The van der Waals surface area contributed by atoms with Crippen LogP contribution in [0, 0.1) is 7.14 Å². The number of benzene rings is 2. The molecule has 0 aromatic heterocycles. The molecule has 0 bridgehead atoms. The van der Waals surface area contributed by atoms with Gasteiger partial charge in [-0.1, -0.05) is 23.6 Å². The Labute approximate surface area is 199 Å². The summed E-state index contributed by atoms with van der Waals surface area (Å²) in [6.07, 6.45) is 0. The van der Waals surface area contributed by atoms with Crippen LogP contribution < -0.4 is 58.6 Å². The zero-order valence-corrected chi connectivity index (χ0v) is 19.1. The monoisotopic (exact) mass is 556 g/mol. The van der Waals surface area contributed by atoms with Crippen molar-refractivity contribution >= 4 is 57.1 Å². The Bertz CT molecular complexity index is 665. The van der Waals surface area contributed by atoms with E-state index in [-0.39, 0.29) is 59.5 Å². The molecule has 0 aliphatic rings. The van der Waals surface area contributed by atoms with Crippen molar-refractivity contribution in [3.05, 3.63) is 54.7 Å². The Balaban J connectivity index is 0. The number of carboxylic acid groups (broad SMARTS) is 2. The van der Waals surface area contributed by atoms with Crippen LogP contribution in [-0.4, -0.2) is 22.2 Å². The topological polar surface area (TPSA) is 121 Å². The Morgan fingerprint density at radius 3 is 1.29 bits per heavy atom. The Morgan fingerprint density at radius 2 is 1.08 bits per heavy atom. The molecule has 0 atom stereocenters. The van der Waals surface area contributed by atoms with Crippen molar-refractivity contribution in [1.29, 1.82) is 0 Å². The van der Waals surface area contributed by atoms with E-state index in [4.69, 9.17) is 10.2 Å². The van der Waals surface area contributed by atoms with Crippen LogP contribution >= 0.6 is 45.2 Å². The largest absolute Gasteiger partial charge is 1.00 e. The molecule has 0 saturated heterocycles. The number of rotatable bonds is 2. The van der Waals surface area contributed by atoms with Crippen LogP contribution in [0.25, 0.3) is 0 Å². The second-order valence-corrected chi connectivity index (χ2v) is 6.38. The van der Waals surface area contributed by atoms with Gasteiger partial charge in [-0.25, -0.2) is 9.59 Å². The molecule has 0 radical (unpaired) electrons. The van der Waals surface area contributed by atoms with Crippen LogP contribution in [0.4, 0.5) is 0 Å². The van der Waals surface area contributed by atoms with E-state index in [0.717, 1.165) is 7.14 Å². The summed E-state index contributed by atoms with van der Waals surface area (Å²) in [6.45, 7) is 0. The minimum absolute atomic E-state index is 0. The first kappa shape index (κ1) is 26.3. The first-order valence-corrected chi connectivity index (χ1v) is 7.78. The van der Waals surface area contributed by atoms with Crippen LogP contribution in [0.1, 0.15) is 20.7 Å². The van der Waals surface area contributed by atoms with Crippen molar-refractivity contribution in [2.45, 2.75) is 0 Å². The van der Waals surface area contributed by atoms with Gasteiger partial charge in [-0.05, 0) is 69.4 Å². The van der Waals surface area contributed by atoms with Crippen LogP contribution in [0.5, 0.6) is 11.5 Å². The molecule has 24 heavy (non-hydrogen) atoms. The van der Waals surface area contributed by atoms with Crippen molar-refractivity contribution in [2.24, 2.45) is 0 Å². The average molecular weight is 556 g/mol. The molecule has 6 nitrogen and oxygen atoms in total. The summed E-state index contributed by atoms with van der Waals surface area (Å²) in [7, 11) is 0. The van der Waals surface area contributed by atoms with E-state index in [1.165, 1.54) is 24.3 Å². The minimum atomic E-state index is -1.17. The van der Waals surface area contributed by atoms with E-state index in [1.54, 1.807) is 12.1 Å². The Kier molecular flexibility index (Phi) is 13.6. The van der Waals surface area contributed by atoms with E-state index in [9.17, 15) is 19.8 Å². The maximum absolute atomic E-state index is 10.8. The predicted octanol–water partition coefficient (Wildman–Crippen LogP) is -3.87. The minimum Gasteiger partial charge on any atom is -0.872 e. The molecule has 0 heterocycles. The van der Waals surface area contributed by atoms with Gasteiger partial charge in [0.2, 0.25) is 0 Å². The summed E-state index contributed by atoms with van der Waals surface area (Å²) in [6, 6.07) is 8.37. The van der Waals surface area contributed by atoms with Gasteiger partial charge in [0.25, 0.3) is 0 Å². The molecule has 0 unspecified atom stereocenters. The second kappa shape index (κ2) is 12.4. The maximum Gasteiger partial charge on any atom is 1.00 e. The number of carbonyl (C=O) groups is 2. The molecule has 0 aliphatic heterocycles. The van der Waals surface area contributed by atoms with E-state index in [1.807, 2.05) is 45.2 Å². The third-order valence-electron chi connectivity index (χ3n) is 2.34. The van der Waals surface area contributed by atoms with Crippen molar-refractivity contribution in [2.75, 3.05) is 0 Å². The van der Waals surface area contributed by atoms with E-state index >= 15 is 0 Å². The van der Waals surface area contributed by atoms with Crippen LogP contribution in [0.2, 0.25) is 0 Å². The van der Waals surface area contributed by atoms with Crippen LogP contribution in [0.3, 0.4) is 0 Å². The zero-order valence-electron chi connectivity index (χ0n) is 12.7. The molecular formula is C14H8I2LiNaO6. The summed E-state index contributed by atoms with van der Waals surface area (Å²) in [5.74, 6) is -3.24. The quantitative estimate of drug-likeness (QED) is 0.289. The molecule has 0 fully saturated rings. The normalized spacial score (nSPS) is 8.75. The first-order valence-electron chi connectivity index (χ1n) is 5.62. The molecule has 2 aromatic rings. The van der Waals surface area contributed by atoms with Gasteiger partial charge in [-0.2, -0.15) is 0 Å². The predicted molar refractivity (Wildman–Crippen MR) is 91.1 cm³/mol. The van der Waals surface area contributed by atoms with Gasteiger partial charge in [0.15, 0.2) is 0 Å². The van der Waals surface area contributed by atoms with E-state index in [2.05, 4.69) is 0 Å². The smallest absolute Gasteiger partial charge is 0.872 e. The van der Waals surface area contributed by atoms with Gasteiger partial charge >= 0.3 is 60.4 Å². The summed E-state index contributed by atoms with van der Waals surface area (Å²) in [4.78, 5) is 20.7. The first-order chi connectivity index (χ1) is 10.2. The van der Waals surface area contributed by atoms with Crippen LogP contribution in [-0.2, 0) is 0 Å².